The van der Waals surface area contributed by atoms with Crippen LogP contribution in [-0.2, 0) is 24.9 Å². The first kappa shape index (κ1) is 16.6. The molecular weight excluding hydrogens is 313 g/mol. The van der Waals surface area contributed by atoms with E-state index >= 15 is 0 Å². The van der Waals surface area contributed by atoms with E-state index in [1.54, 1.807) is 21.9 Å². The second kappa shape index (κ2) is 7.52. The molecule has 0 aliphatic carbocycles. The zero-order valence-electron chi connectivity index (χ0n) is 13.7. The maximum atomic E-state index is 13.8. The monoisotopic (exact) mass is 335 g/mol. The molecule has 0 aromatic carbocycles. The van der Waals surface area contributed by atoms with E-state index in [-0.39, 0.29) is 11.9 Å². The van der Waals surface area contributed by atoms with Gasteiger partial charge in [-0.15, -0.1) is 0 Å². The summed E-state index contributed by atoms with van der Waals surface area (Å²) in [6.45, 7) is 1.99. The van der Waals surface area contributed by atoms with E-state index in [0.29, 0.717) is 39.0 Å². The highest BCUT2D eigenvalue weighted by Crippen LogP contribution is 2.22. The molecule has 0 saturated carbocycles. The average molecular weight is 335 g/mol. The van der Waals surface area contributed by atoms with Crippen LogP contribution in [0.1, 0.15) is 18.4 Å². The normalized spacial score (nSPS) is 21.2. The van der Waals surface area contributed by atoms with E-state index in [9.17, 15) is 9.18 Å². The van der Waals surface area contributed by atoms with Crippen molar-refractivity contribution in [2.75, 3.05) is 13.1 Å². The lowest BCUT2D eigenvalue weighted by Crippen LogP contribution is -2.40. The second-order valence-corrected chi connectivity index (χ2v) is 6.15. The predicted molar refractivity (Wildman–Crippen MR) is 84.6 cm³/mol. The van der Waals surface area contributed by atoms with Gasteiger partial charge in [-0.05, 0) is 6.42 Å². The number of amides is 1. The molecule has 2 aromatic rings. The number of hydrogen-bond donors (Lipinski definition) is 1. The topological polar surface area (TPSA) is 80.9 Å². The van der Waals surface area contributed by atoms with Crippen molar-refractivity contribution < 1.29 is 9.18 Å². The van der Waals surface area contributed by atoms with Gasteiger partial charge in [-0.1, -0.05) is 0 Å². The Labute approximate surface area is 139 Å². The van der Waals surface area contributed by atoms with Crippen molar-refractivity contribution in [1.29, 1.82) is 0 Å². The molecule has 1 fully saturated rings. The lowest BCUT2D eigenvalue weighted by atomic mass is 10.2. The van der Waals surface area contributed by atoms with Crippen molar-refractivity contribution in [2.24, 2.45) is 7.05 Å². The molecule has 1 saturated heterocycles. The Morgan fingerprint density at radius 3 is 3.04 bits per heavy atom. The van der Waals surface area contributed by atoms with Crippen molar-refractivity contribution in [3.8, 4) is 0 Å². The first-order chi connectivity index (χ1) is 11.6. The Hall–Kier alpha value is -2.29. The molecule has 1 aliphatic rings. The molecule has 0 bridgehead atoms. The molecule has 24 heavy (non-hydrogen) atoms. The minimum Gasteiger partial charge on any atom is -0.354 e. The van der Waals surface area contributed by atoms with Gasteiger partial charge in [0.2, 0.25) is 5.91 Å². The van der Waals surface area contributed by atoms with Gasteiger partial charge in [0.05, 0.1) is 12.7 Å². The van der Waals surface area contributed by atoms with E-state index < -0.39 is 6.17 Å². The maximum absolute atomic E-state index is 13.8. The van der Waals surface area contributed by atoms with E-state index in [1.165, 1.54) is 6.33 Å². The van der Waals surface area contributed by atoms with Gasteiger partial charge in [-0.2, -0.15) is 10.2 Å². The fourth-order valence-electron chi connectivity index (χ4n) is 3.00. The van der Waals surface area contributed by atoms with Crippen molar-refractivity contribution in [1.82, 2.24) is 34.8 Å². The van der Waals surface area contributed by atoms with Crippen LogP contribution in [0.2, 0.25) is 0 Å². The van der Waals surface area contributed by atoms with Crippen LogP contribution >= 0.6 is 0 Å². The minimum absolute atomic E-state index is 0.00975. The molecule has 0 unspecified atom stereocenters. The SMILES string of the molecule is Cn1cc(CN2C[C@@H](F)C[C@H]2CNC(=O)CCn2cncn2)cn1. The number of carbonyl (C=O) groups excluding carboxylic acids is 1. The van der Waals surface area contributed by atoms with E-state index in [4.69, 9.17) is 0 Å². The lowest BCUT2D eigenvalue weighted by Gasteiger charge is -2.23. The van der Waals surface area contributed by atoms with Crippen LogP contribution in [-0.4, -0.2) is 60.7 Å². The van der Waals surface area contributed by atoms with Gasteiger partial charge < -0.3 is 5.32 Å². The number of aryl methyl sites for hydroxylation is 2. The number of aromatic nitrogens is 5. The Morgan fingerprint density at radius 2 is 2.33 bits per heavy atom. The van der Waals surface area contributed by atoms with Gasteiger partial charge in [0.1, 0.15) is 18.8 Å². The van der Waals surface area contributed by atoms with Gasteiger partial charge in [0.25, 0.3) is 0 Å². The van der Waals surface area contributed by atoms with Crippen LogP contribution in [0, 0.1) is 0 Å². The summed E-state index contributed by atoms with van der Waals surface area (Å²) in [6, 6.07) is 0.00975. The first-order valence-corrected chi connectivity index (χ1v) is 8.05. The van der Waals surface area contributed by atoms with Crippen molar-refractivity contribution in [2.45, 2.75) is 38.1 Å². The summed E-state index contributed by atoms with van der Waals surface area (Å²) in [7, 11) is 1.86. The molecular formula is C15H22FN7O. The summed E-state index contributed by atoms with van der Waals surface area (Å²) in [6.07, 6.45) is 6.67. The average Bonchev–Trinajstić information content (AvgIpc) is 3.26. The molecule has 130 valence electrons. The largest absolute Gasteiger partial charge is 0.354 e. The molecule has 1 amide bonds. The fraction of sp³-hybridized carbons (Fsp3) is 0.600. The summed E-state index contributed by atoms with van der Waals surface area (Å²) in [5, 5.41) is 11.0. The van der Waals surface area contributed by atoms with Crippen LogP contribution in [0.25, 0.3) is 0 Å². The molecule has 3 rings (SSSR count). The molecule has 8 nitrogen and oxygen atoms in total. The molecule has 2 aromatic heterocycles. The number of carbonyl (C=O) groups is 1. The summed E-state index contributed by atoms with van der Waals surface area (Å²) in [4.78, 5) is 17.8. The summed E-state index contributed by atoms with van der Waals surface area (Å²) in [5.41, 5.74) is 1.05. The third kappa shape index (κ3) is 4.38. The first-order valence-electron chi connectivity index (χ1n) is 8.05. The van der Waals surface area contributed by atoms with E-state index in [1.807, 2.05) is 13.2 Å². The summed E-state index contributed by atoms with van der Waals surface area (Å²) < 4.78 is 17.1. The van der Waals surface area contributed by atoms with E-state index in [0.717, 1.165) is 5.56 Å². The van der Waals surface area contributed by atoms with Crippen LogP contribution in [0.3, 0.4) is 0 Å². The Morgan fingerprint density at radius 1 is 1.46 bits per heavy atom. The van der Waals surface area contributed by atoms with Gasteiger partial charge >= 0.3 is 0 Å². The van der Waals surface area contributed by atoms with Crippen molar-refractivity contribution >= 4 is 5.91 Å². The number of rotatable bonds is 7. The number of nitrogens with zero attached hydrogens (tertiary/aromatic N) is 6. The number of halogens is 1. The quantitative estimate of drug-likeness (QED) is 0.778. The predicted octanol–water partition coefficient (Wildman–Crippen LogP) is 0.131. The number of alkyl halides is 1. The molecule has 0 radical (unpaired) electrons. The molecule has 1 aliphatic heterocycles. The minimum atomic E-state index is -0.848. The van der Waals surface area contributed by atoms with Gasteiger partial charge in [0.15, 0.2) is 0 Å². The van der Waals surface area contributed by atoms with Crippen LogP contribution < -0.4 is 5.32 Å². The third-order valence-electron chi connectivity index (χ3n) is 4.19. The molecule has 1 N–H and O–H groups in total. The van der Waals surface area contributed by atoms with Gasteiger partial charge in [0, 0.05) is 50.9 Å². The lowest BCUT2D eigenvalue weighted by molar-refractivity contribution is -0.121. The third-order valence-corrected chi connectivity index (χ3v) is 4.19. The molecule has 3 heterocycles. The zero-order valence-corrected chi connectivity index (χ0v) is 13.7. The van der Waals surface area contributed by atoms with Crippen molar-refractivity contribution in [3.63, 3.8) is 0 Å². The van der Waals surface area contributed by atoms with Crippen LogP contribution in [0.15, 0.2) is 25.0 Å². The highest BCUT2D eigenvalue weighted by Gasteiger charge is 2.32. The molecule has 0 spiro atoms. The smallest absolute Gasteiger partial charge is 0.221 e. The number of nitrogens with one attached hydrogen (secondary N) is 1. The highest BCUT2D eigenvalue weighted by atomic mass is 19.1. The van der Waals surface area contributed by atoms with Crippen LogP contribution in [0.5, 0.6) is 0 Å². The molecule has 9 heteroatoms. The highest BCUT2D eigenvalue weighted by molar-refractivity contribution is 5.75. The summed E-state index contributed by atoms with van der Waals surface area (Å²) in [5.74, 6) is -0.0610. The fourth-order valence-corrected chi connectivity index (χ4v) is 3.00. The Bertz CT molecular complexity index is 657. The summed E-state index contributed by atoms with van der Waals surface area (Å²) >= 11 is 0. The second-order valence-electron chi connectivity index (χ2n) is 6.15. The van der Waals surface area contributed by atoms with Gasteiger partial charge in [-0.25, -0.2) is 9.37 Å². The number of hydrogen-bond acceptors (Lipinski definition) is 5. The zero-order chi connectivity index (χ0) is 16.9. The standard InChI is InChI=1S/C15H22FN7O/c1-21-7-12(5-19-21)8-22-9-13(16)4-14(22)6-18-15(24)2-3-23-11-17-10-20-23/h5,7,10-11,13-14H,2-4,6,8-9H2,1H3,(H,18,24)/t13-,14-/m0/s1. The van der Waals surface area contributed by atoms with E-state index in [2.05, 4.69) is 25.4 Å². The maximum Gasteiger partial charge on any atom is 0.221 e. The number of likely N-dealkylation sites (tertiary alicyclic amines) is 1. The van der Waals surface area contributed by atoms with Crippen LogP contribution in [0.4, 0.5) is 4.39 Å². The Balaban J connectivity index is 1.46. The Kier molecular flexibility index (Phi) is 5.19. The van der Waals surface area contributed by atoms with Crippen molar-refractivity contribution in [3.05, 3.63) is 30.6 Å². The van der Waals surface area contributed by atoms with Gasteiger partial charge in [-0.3, -0.25) is 19.1 Å². The molecule has 2 atom stereocenters.